The summed E-state index contributed by atoms with van der Waals surface area (Å²) in [6.07, 6.45) is 2.79. The van der Waals surface area contributed by atoms with Crippen molar-refractivity contribution in [1.82, 2.24) is 9.97 Å². The molecule has 2 rings (SSSR count). The SMILES string of the molecule is Cc1cc(Oc2nccnc2/C(N)=N/O)ccc1F. The van der Waals surface area contributed by atoms with Crippen LogP contribution in [0.1, 0.15) is 11.3 Å². The normalized spacial score (nSPS) is 11.4. The lowest BCUT2D eigenvalue weighted by atomic mass is 10.2. The molecule has 0 amide bonds. The van der Waals surface area contributed by atoms with Crippen LogP contribution in [0, 0.1) is 12.7 Å². The number of amidine groups is 1. The van der Waals surface area contributed by atoms with Crippen LogP contribution in [-0.2, 0) is 0 Å². The lowest BCUT2D eigenvalue weighted by Gasteiger charge is -2.08. The Bertz CT molecular complexity index is 631. The van der Waals surface area contributed by atoms with Crippen LogP contribution in [0.2, 0.25) is 0 Å². The highest BCUT2D eigenvalue weighted by Crippen LogP contribution is 2.23. The first-order chi connectivity index (χ1) is 9.11. The summed E-state index contributed by atoms with van der Waals surface area (Å²) >= 11 is 0. The van der Waals surface area contributed by atoms with E-state index in [9.17, 15) is 4.39 Å². The molecule has 1 heterocycles. The Balaban J connectivity index is 2.35. The van der Waals surface area contributed by atoms with E-state index in [0.717, 1.165) is 0 Å². The maximum Gasteiger partial charge on any atom is 0.249 e. The first-order valence-electron chi connectivity index (χ1n) is 5.34. The van der Waals surface area contributed by atoms with Crippen LogP contribution < -0.4 is 10.5 Å². The number of nitrogens with zero attached hydrogens (tertiary/aromatic N) is 3. The molecule has 0 fully saturated rings. The molecule has 3 N–H and O–H groups in total. The van der Waals surface area contributed by atoms with Gasteiger partial charge in [-0.05, 0) is 30.7 Å². The molecule has 0 aliphatic heterocycles. The number of nitrogens with two attached hydrogens (primary N) is 1. The third-order valence-electron chi connectivity index (χ3n) is 2.36. The summed E-state index contributed by atoms with van der Waals surface area (Å²) in [6, 6.07) is 4.25. The van der Waals surface area contributed by atoms with E-state index in [4.69, 9.17) is 15.7 Å². The van der Waals surface area contributed by atoms with Crippen molar-refractivity contribution in [1.29, 1.82) is 0 Å². The van der Waals surface area contributed by atoms with Crippen molar-refractivity contribution in [2.45, 2.75) is 6.92 Å². The number of hydrogen-bond donors (Lipinski definition) is 2. The topological polar surface area (TPSA) is 93.6 Å². The van der Waals surface area contributed by atoms with E-state index in [1.54, 1.807) is 6.92 Å². The first kappa shape index (κ1) is 12.7. The van der Waals surface area contributed by atoms with Gasteiger partial charge in [-0.1, -0.05) is 5.16 Å². The zero-order valence-corrected chi connectivity index (χ0v) is 10.0. The lowest BCUT2D eigenvalue weighted by molar-refractivity contribution is 0.318. The fourth-order valence-corrected chi connectivity index (χ4v) is 1.42. The summed E-state index contributed by atoms with van der Waals surface area (Å²) < 4.78 is 18.6. The predicted molar refractivity (Wildman–Crippen MR) is 65.8 cm³/mol. The number of aromatic nitrogens is 2. The average Bonchev–Trinajstić information content (AvgIpc) is 2.43. The molecular formula is C12H11FN4O2. The van der Waals surface area contributed by atoms with Crippen LogP contribution >= 0.6 is 0 Å². The second-order valence-electron chi connectivity index (χ2n) is 3.71. The zero-order valence-electron chi connectivity index (χ0n) is 10.0. The summed E-state index contributed by atoms with van der Waals surface area (Å²) in [5.41, 5.74) is 6.00. The highest BCUT2D eigenvalue weighted by molar-refractivity contribution is 5.97. The van der Waals surface area contributed by atoms with Gasteiger partial charge in [-0.2, -0.15) is 0 Å². The molecule has 0 saturated carbocycles. The first-order valence-corrected chi connectivity index (χ1v) is 5.34. The molecule has 0 atom stereocenters. The highest BCUT2D eigenvalue weighted by Gasteiger charge is 2.12. The summed E-state index contributed by atoms with van der Waals surface area (Å²) in [6.45, 7) is 1.61. The Morgan fingerprint density at radius 3 is 2.79 bits per heavy atom. The molecule has 0 aliphatic carbocycles. The standard InChI is InChI=1S/C12H11FN4O2/c1-7-6-8(2-3-9(7)13)19-12-10(11(14)17-18)15-4-5-16-12/h2-6,18H,1H3,(H2,14,17). The summed E-state index contributed by atoms with van der Waals surface area (Å²) in [5.74, 6) is -0.0970. The van der Waals surface area contributed by atoms with Crippen LogP contribution in [-0.4, -0.2) is 21.0 Å². The molecule has 19 heavy (non-hydrogen) atoms. The van der Waals surface area contributed by atoms with E-state index < -0.39 is 0 Å². The summed E-state index contributed by atoms with van der Waals surface area (Å²) in [5, 5.41) is 11.5. The minimum atomic E-state index is -0.330. The van der Waals surface area contributed by atoms with E-state index in [-0.39, 0.29) is 23.2 Å². The number of oxime groups is 1. The van der Waals surface area contributed by atoms with Gasteiger partial charge in [0, 0.05) is 12.4 Å². The van der Waals surface area contributed by atoms with Gasteiger partial charge in [0.2, 0.25) is 5.88 Å². The quantitative estimate of drug-likeness (QED) is 0.381. The molecule has 0 radical (unpaired) electrons. The lowest BCUT2D eigenvalue weighted by Crippen LogP contribution is -2.16. The van der Waals surface area contributed by atoms with Crippen molar-refractivity contribution in [3.05, 3.63) is 47.7 Å². The monoisotopic (exact) mass is 262 g/mol. The van der Waals surface area contributed by atoms with Gasteiger partial charge in [0.25, 0.3) is 0 Å². The second kappa shape index (κ2) is 5.30. The molecular weight excluding hydrogens is 251 g/mol. The number of ether oxygens (including phenoxy) is 1. The maximum absolute atomic E-state index is 13.1. The van der Waals surface area contributed by atoms with Gasteiger partial charge in [-0.15, -0.1) is 0 Å². The molecule has 0 aliphatic rings. The predicted octanol–water partition coefficient (Wildman–Crippen LogP) is 1.81. The van der Waals surface area contributed by atoms with Crippen LogP contribution in [0.5, 0.6) is 11.6 Å². The van der Waals surface area contributed by atoms with Crippen LogP contribution in [0.15, 0.2) is 35.7 Å². The van der Waals surface area contributed by atoms with Crippen molar-refractivity contribution in [2.75, 3.05) is 0 Å². The third-order valence-corrected chi connectivity index (χ3v) is 2.36. The van der Waals surface area contributed by atoms with E-state index in [2.05, 4.69) is 15.1 Å². The molecule has 2 aromatic rings. The number of benzene rings is 1. The number of halogens is 1. The molecule has 0 bridgehead atoms. The zero-order chi connectivity index (χ0) is 13.8. The van der Waals surface area contributed by atoms with Gasteiger partial charge in [-0.3, -0.25) is 0 Å². The van der Waals surface area contributed by atoms with Crippen LogP contribution in [0.4, 0.5) is 4.39 Å². The molecule has 1 aromatic heterocycles. The molecule has 0 saturated heterocycles. The van der Waals surface area contributed by atoms with Gasteiger partial charge >= 0.3 is 0 Å². The van der Waals surface area contributed by atoms with E-state index >= 15 is 0 Å². The fraction of sp³-hybridized carbons (Fsp3) is 0.0833. The Labute approximate surface area is 108 Å². The minimum absolute atomic E-state index is 0.0730. The molecule has 98 valence electrons. The van der Waals surface area contributed by atoms with Crippen molar-refractivity contribution in [2.24, 2.45) is 10.9 Å². The van der Waals surface area contributed by atoms with Crippen molar-refractivity contribution >= 4 is 5.84 Å². The minimum Gasteiger partial charge on any atom is -0.437 e. The Morgan fingerprint density at radius 2 is 2.11 bits per heavy atom. The summed E-state index contributed by atoms with van der Waals surface area (Å²) in [7, 11) is 0. The van der Waals surface area contributed by atoms with E-state index in [0.29, 0.717) is 11.3 Å². The van der Waals surface area contributed by atoms with E-state index in [1.165, 1.54) is 30.6 Å². The number of hydrogen-bond acceptors (Lipinski definition) is 5. The van der Waals surface area contributed by atoms with Gasteiger partial charge in [0.15, 0.2) is 11.5 Å². The Hall–Kier alpha value is -2.70. The smallest absolute Gasteiger partial charge is 0.249 e. The second-order valence-corrected chi connectivity index (χ2v) is 3.71. The number of rotatable bonds is 3. The van der Waals surface area contributed by atoms with Crippen molar-refractivity contribution in [3.8, 4) is 11.6 Å². The fourth-order valence-electron chi connectivity index (χ4n) is 1.42. The van der Waals surface area contributed by atoms with Crippen molar-refractivity contribution < 1.29 is 14.3 Å². The Kier molecular flexibility index (Phi) is 3.56. The maximum atomic E-state index is 13.1. The highest BCUT2D eigenvalue weighted by atomic mass is 19.1. The largest absolute Gasteiger partial charge is 0.437 e. The molecule has 7 heteroatoms. The van der Waals surface area contributed by atoms with Gasteiger partial charge < -0.3 is 15.7 Å². The van der Waals surface area contributed by atoms with Crippen molar-refractivity contribution in [3.63, 3.8) is 0 Å². The van der Waals surface area contributed by atoms with E-state index in [1.807, 2.05) is 0 Å². The van der Waals surface area contributed by atoms with Gasteiger partial charge in [-0.25, -0.2) is 14.4 Å². The van der Waals surface area contributed by atoms with Crippen LogP contribution in [0.3, 0.4) is 0 Å². The average molecular weight is 262 g/mol. The summed E-state index contributed by atoms with van der Waals surface area (Å²) in [4.78, 5) is 7.85. The van der Waals surface area contributed by atoms with Gasteiger partial charge in [0.1, 0.15) is 11.6 Å². The Morgan fingerprint density at radius 1 is 1.37 bits per heavy atom. The molecule has 1 aromatic carbocycles. The van der Waals surface area contributed by atoms with Crippen LogP contribution in [0.25, 0.3) is 0 Å². The third kappa shape index (κ3) is 2.76. The molecule has 6 nitrogen and oxygen atoms in total. The molecule has 0 spiro atoms. The number of aryl methyl sites for hydroxylation is 1. The molecule has 0 unspecified atom stereocenters. The van der Waals surface area contributed by atoms with Gasteiger partial charge in [0.05, 0.1) is 0 Å².